The zero-order valence-corrected chi connectivity index (χ0v) is 32.0. The second kappa shape index (κ2) is 12.7. The van der Waals surface area contributed by atoms with Crippen molar-refractivity contribution in [3.8, 4) is 0 Å². The summed E-state index contributed by atoms with van der Waals surface area (Å²) in [4.78, 5) is 37.8. The second-order valence-corrected chi connectivity index (χ2v) is 19.7. The number of ether oxygens (including phenoxy) is 3. The third-order valence-electron chi connectivity index (χ3n) is 16.6. The molecule has 0 amide bonds. The summed E-state index contributed by atoms with van der Waals surface area (Å²) >= 11 is 0. The number of carbonyl (C=O) groups is 3. The van der Waals surface area contributed by atoms with Gasteiger partial charge in [0.1, 0.15) is 12.2 Å². The molecule has 5 saturated carbocycles. The average Bonchev–Trinajstić information content (AvgIpc) is 3.66. The first-order valence-corrected chi connectivity index (χ1v) is 19.7. The normalized spacial score (nSPS) is 44.1. The fourth-order valence-corrected chi connectivity index (χ4v) is 13.7. The highest BCUT2D eigenvalue weighted by Crippen LogP contribution is 2.78. The molecule has 1 N–H and O–H groups in total. The van der Waals surface area contributed by atoms with E-state index in [4.69, 9.17) is 14.2 Å². The second-order valence-electron chi connectivity index (χ2n) is 19.7. The molecule has 5 aliphatic carbocycles. The van der Waals surface area contributed by atoms with Crippen LogP contribution in [0, 0.1) is 62.1 Å². The zero-order valence-electron chi connectivity index (χ0n) is 32.0. The molecular formula is C42H66O7. The number of fused-ring (bicyclic) bond motifs is 7. The Balaban J connectivity index is 1.22. The smallest absolute Gasteiger partial charge is 0.309 e. The van der Waals surface area contributed by atoms with Crippen molar-refractivity contribution >= 4 is 17.9 Å². The van der Waals surface area contributed by atoms with Crippen molar-refractivity contribution in [2.45, 2.75) is 157 Å². The molecule has 6 fully saturated rings. The monoisotopic (exact) mass is 682 g/mol. The number of carboxylic acid groups (broad SMARTS) is 1. The molecule has 1 heterocycles. The van der Waals surface area contributed by atoms with E-state index < -0.39 is 17.4 Å². The largest absolute Gasteiger partial charge is 0.481 e. The lowest BCUT2D eigenvalue weighted by Crippen LogP contribution is -2.66. The Morgan fingerprint density at radius 1 is 0.837 bits per heavy atom. The number of rotatable bonds is 9. The van der Waals surface area contributed by atoms with Crippen LogP contribution in [0.15, 0.2) is 12.2 Å². The molecule has 0 aromatic rings. The fraction of sp³-hybridized carbons (Fsp3) is 0.881. The summed E-state index contributed by atoms with van der Waals surface area (Å²) in [5.41, 5.74) is 0.759. The van der Waals surface area contributed by atoms with Crippen LogP contribution < -0.4 is 0 Å². The summed E-state index contributed by atoms with van der Waals surface area (Å²) in [6.45, 7) is 23.7. The van der Waals surface area contributed by atoms with Gasteiger partial charge in [-0.1, -0.05) is 46.8 Å². The van der Waals surface area contributed by atoms with Gasteiger partial charge in [-0.15, -0.1) is 0 Å². The highest BCUT2D eigenvalue weighted by atomic mass is 16.6. The molecule has 276 valence electrons. The van der Waals surface area contributed by atoms with Crippen LogP contribution in [0.1, 0.15) is 145 Å². The molecule has 0 spiro atoms. The Kier molecular flexibility index (Phi) is 9.53. The fourth-order valence-electron chi connectivity index (χ4n) is 13.7. The maximum Gasteiger partial charge on any atom is 0.309 e. The van der Waals surface area contributed by atoms with Gasteiger partial charge < -0.3 is 19.3 Å². The number of carboxylic acids is 1. The van der Waals surface area contributed by atoms with Gasteiger partial charge in [0.15, 0.2) is 0 Å². The lowest BCUT2D eigenvalue weighted by atomic mass is 9.32. The van der Waals surface area contributed by atoms with Crippen molar-refractivity contribution in [2.75, 3.05) is 13.2 Å². The zero-order chi connectivity index (χ0) is 35.8. The molecule has 0 aromatic heterocycles. The van der Waals surface area contributed by atoms with E-state index in [9.17, 15) is 19.5 Å². The number of esters is 2. The minimum Gasteiger partial charge on any atom is -0.481 e. The number of hydrogen-bond acceptors (Lipinski definition) is 6. The third kappa shape index (κ3) is 5.92. The summed E-state index contributed by atoms with van der Waals surface area (Å²) in [5, 5.41) is 9.59. The molecule has 6 rings (SSSR count). The predicted octanol–water partition coefficient (Wildman–Crippen LogP) is 9.17. The molecule has 1 aliphatic heterocycles. The van der Waals surface area contributed by atoms with E-state index in [0.29, 0.717) is 49.2 Å². The Morgan fingerprint density at radius 2 is 1.57 bits per heavy atom. The molecular weight excluding hydrogens is 616 g/mol. The lowest BCUT2D eigenvalue weighted by molar-refractivity contribution is -0.250. The van der Waals surface area contributed by atoms with Crippen molar-refractivity contribution in [3.05, 3.63) is 12.2 Å². The van der Waals surface area contributed by atoms with Gasteiger partial charge in [0.05, 0.1) is 25.0 Å². The summed E-state index contributed by atoms with van der Waals surface area (Å²) in [5.74, 6) is 1.33. The van der Waals surface area contributed by atoms with Gasteiger partial charge in [-0.05, 0) is 143 Å². The Bertz CT molecular complexity index is 1330. The predicted molar refractivity (Wildman–Crippen MR) is 189 cm³/mol. The van der Waals surface area contributed by atoms with E-state index in [0.717, 1.165) is 32.1 Å². The summed E-state index contributed by atoms with van der Waals surface area (Å²) in [7, 11) is 0. The Labute approximate surface area is 296 Å². The molecule has 7 nitrogen and oxygen atoms in total. The highest BCUT2D eigenvalue weighted by Gasteiger charge is 2.71. The van der Waals surface area contributed by atoms with E-state index in [1.165, 1.54) is 50.5 Å². The molecule has 0 radical (unpaired) electrons. The van der Waals surface area contributed by atoms with Gasteiger partial charge in [-0.25, -0.2) is 0 Å². The molecule has 0 bridgehead atoms. The van der Waals surface area contributed by atoms with Crippen LogP contribution in [0.5, 0.6) is 0 Å². The van der Waals surface area contributed by atoms with Crippen LogP contribution in [0.25, 0.3) is 0 Å². The molecule has 11 atom stereocenters. The quantitative estimate of drug-likeness (QED) is 0.191. The van der Waals surface area contributed by atoms with Crippen molar-refractivity contribution in [1.29, 1.82) is 0 Å². The first kappa shape index (κ1) is 36.9. The van der Waals surface area contributed by atoms with Crippen LogP contribution in [-0.4, -0.2) is 48.4 Å². The van der Waals surface area contributed by atoms with Crippen molar-refractivity contribution < 1.29 is 33.7 Å². The van der Waals surface area contributed by atoms with Gasteiger partial charge in [0.25, 0.3) is 0 Å². The van der Waals surface area contributed by atoms with Gasteiger partial charge in [0.2, 0.25) is 0 Å². The first-order valence-electron chi connectivity index (χ1n) is 19.7. The van der Waals surface area contributed by atoms with E-state index in [-0.39, 0.29) is 51.7 Å². The molecule has 0 aromatic carbocycles. The summed E-state index contributed by atoms with van der Waals surface area (Å²) in [6.07, 6.45) is 13.3. The third-order valence-corrected chi connectivity index (χ3v) is 16.6. The molecule has 7 heteroatoms. The lowest BCUT2D eigenvalue weighted by Gasteiger charge is -2.73. The number of aliphatic carboxylic acids is 1. The van der Waals surface area contributed by atoms with E-state index in [1.807, 2.05) is 0 Å². The van der Waals surface area contributed by atoms with Crippen LogP contribution in [0.2, 0.25) is 0 Å². The van der Waals surface area contributed by atoms with E-state index >= 15 is 0 Å². The SMILES string of the molecule is C=C(C)[C@@H]1CC[C@]2(CCC(=O)OC3CCOC3)CC[C@]3(C)[C@H](CC[C@@H]4[C@@]5(C)CC[C@H](OC(=O)CC(C)(C)C(=O)O)C(C)(C)[C@@H]5CC[C@]43C)[C@@H]12. The number of hydrogen-bond donors (Lipinski definition) is 1. The molecule has 49 heavy (non-hydrogen) atoms. The van der Waals surface area contributed by atoms with Crippen molar-refractivity contribution in [2.24, 2.45) is 62.1 Å². The minimum absolute atomic E-state index is 0.0489. The van der Waals surface area contributed by atoms with Crippen LogP contribution in [-0.2, 0) is 28.6 Å². The van der Waals surface area contributed by atoms with Crippen LogP contribution >= 0.6 is 0 Å². The number of carbonyl (C=O) groups excluding carboxylic acids is 2. The maximum absolute atomic E-state index is 13.1. The van der Waals surface area contributed by atoms with Crippen molar-refractivity contribution in [1.82, 2.24) is 0 Å². The molecule has 6 aliphatic rings. The molecule has 1 saturated heterocycles. The van der Waals surface area contributed by atoms with Crippen molar-refractivity contribution in [3.63, 3.8) is 0 Å². The van der Waals surface area contributed by atoms with E-state index in [2.05, 4.69) is 48.1 Å². The van der Waals surface area contributed by atoms with E-state index in [1.54, 1.807) is 13.8 Å². The number of allylic oxidation sites excluding steroid dienone is 1. The Morgan fingerprint density at radius 3 is 2.22 bits per heavy atom. The minimum atomic E-state index is -1.14. The van der Waals surface area contributed by atoms with Gasteiger partial charge in [-0.3, -0.25) is 14.4 Å². The Hall–Kier alpha value is -1.89. The summed E-state index contributed by atoms with van der Waals surface area (Å²) < 4.78 is 17.5. The standard InChI is InChI=1S/C42H66O7/c1-26(2)28-12-19-42(20-15-33(43)48-27-16-23-47-25-27)22-21-40(8)29(35(28)42)10-11-31-39(7)17-14-32(49-34(44)24-37(3,4)36(45)46)38(5,6)30(39)13-18-41(31,40)9/h27-32,35H,1,10-25H2,2-9H3,(H,45,46)/t27?,28-,29+,30-,31+,32-,35+,39-,40+,41+,42-/m0/s1. The van der Waals surface area contributed by atoms with Crippen LogP contribution in [0.3, 0.4) is 0 Å². The van der Waals surface area contributed by atoms with Gasteiger partial charge in [-0.2, -0.15) is 0 Å². The highest BCUT2D eigenvalue weighted by molar-refractivity contribution is 5.81. The molecule has 1 unspecified atom stereocenters. The van der Waals surface area contributed by atoms with Crippen LogP contribution in [0.4, 0.5) is 0 Å². The maximum atomic E-state index is 13.1. The first-order chi connectivity index (χ1) is 22.8. The summed E-state index contributed by atoms with van der Waals surface area (Å²) in [6, 6.07) is 0. The van der Waals surface area contributed by atoms with Gasteiger partial charge in [0, 0.05) is 18.3 Å². The topological polar surface area (TPSA) is 99.1 Å². The van der Waals surface area contributed by atoms with Gasteiger partial charge >= 0.3 is 17.9 Å². The average molecular weight is 683 g/mol.